The number of carbonyl (C=O) groups excluding carboxylic acids is 1. The third-order valence-electron chi connectivity index (χ3n) is 3.27. The lowest BCUT2D eigenvalue weighted by Crippen LogP contribution is -2.50. The lowest BCUT2D eigenvalue weighted by atomic mass is 10.2. The van der Waals surface area contributed by atoms with Crippen molar-refractivity contribution in [3.63, 3.8) is 0 Å². The fraction of sp³-hybridized carbons (Fsp3) is 0.615. The van der Waals surface area contributed by atoms with E-state index in [9.17, 15) is 4.79 Å². The number of tetrazole rings is 1. The lowest BCUT2D eigenvalue weighted by molar-refractivity contribution is 0.0240. The molecule has 23 heavy (non-hydrogen) atoms. The molecule has 1 saturated heterocycles. The third kappa shape index (κ3) is 3.58. The molecule has 1 amide bonds. The van der Waals surface area contributed by atoms with E-state index in [0.29, 0.717) is 32.1 Å². The third-order valence-corrected chi connectivity index (χ3v) is 4.01. The van der Waals surface area contributed by atoms with Gasteiger partial charge in [0, 0.05) is 37.8 Å². The number of ether oxygens (including phenoxy) is 1. The predicted molar refractivity (Wildman–Crippen MR) is 84.8 cm³/mol. The molecule has 1 aliphatic heterocycles. The molecule has 9 nitrogen and oxygen atoms in total. The number of aromatic nitrogens is 5. The Morgan fingerprint density at radius 3 is 2.61 bits per heavy atom. The molecule has 3 heterocycles. The molecule has 0 saturated carbocycles. The Balaban J connectivity index is 1.64. The van der Waals surface area contributed by atoms with Crippen molar-refractivity contribution in [1.82, 2.24) is 30.1 Å². The summed E-state index contributed by atoms with van der Waals surface area (Å²) in [4.78, 5) is 20.1. The van der Waals surface area contributed by atoms with E-state index in [0.717, 1.165) is 5.13 Å². The van der Waals surface area contributed by atoms with Gasteiger partial charge in [0.05, 0.1) is 0 Å². The van der Waals surface area contributed by atoms with Gasteiger partial charge in [-0.15, -0.1) is 11.3 Å². The molecule has 124 valence electrons. The zero-order valence-electron chi connectivity index (χ0n) is 13.3. The summed E-state index contributed by atoms with van der Waals surface area (Å²) in [5.74, 6) is 0.642. The number of piperazine rings is 1. The molecular weight excluding hydrogens is 318 g/mol. The molecule has 0 atom stereocenters. The molecule has 2 aromatic heterocycles. The number of thiazole rings is 1. The second-order valence-electron chi connectivity index (χ2n) is 6.16. The molecule has 3 rings (SSSR count). The maximum Gasteiger partial charge on any atom is 0.410 e. The van der Waals surface area contributed by atoms with Crippen LogP contribution in [0.2, 0.25) is 0 Å². The number of anilines is 1. The lowest BCUT2D eigenvalue weighted by Gasteiger charge is -2.35. The zero-order chi connectivity index (χ0) is 16.4. The van der Waals surface area contributed by atoms with Gasteiger partial charge in [-0.25, -0.2) is 9.78 Å². The van der Waals surface area contributed by atoms with Crippen LogP contribution in [0.4, 0.5) is 10.7 Å². The summed E-state index contributed by atoms with van der Waals surface area (Å²) in [7, 11) is 0. The Bertz CT molecular complexity index is 656. The van der Waals surface area contributed by atoms with E-state index < -0.39 is 5.60 Å². The molecule has 0 aliphatic carbocycles. The summed E-state index contributed by atoms with van der Waals surface area (Å²) >= 11 is 1.47. The first-order valence-electron chi connectivity index (χ1n) is 7.35. The number of carbonyl (C=O) groups is 1. The van der Waals surface area contributed by atoms with Crippen molar-refractivity contribution in [2.75, 3.05) is 31.1 Å². The van der Waals surface area contributed by atoms with Crippen molar-refractivity contribution in [3.05, 3.63) is 11.6 Å². The summed E-state index contributed by atoms with van der Waals surface area (Å²) in [6, 6.07) is 0. The van der Waals surface area contributed by atoms with Gasteiger partial charge in [-0.2, -0.15) is 4.68 Å². The van der Waals surface area contributed by atoms with Crippen molar-refractivity contribution in [2.45, 2.75) is 26.4 Å². The second kappa shape index (κ2) is 6.11. The van der Waals surface area contributed by atoms with Crippen LogP contribution in [0.25, 0.3) is 5.13 Å². The smallest absolute Gasteiger partial charge is 0.410 e. The largest absolute Gasteiger partial charge is 0.444 e. The molecule has 0 spiro atoms. The Morgan fingerprint density at radius 1 is 1.26 bits per heavy atom. The standard InChI is InChI=1S/C13H19N7O2S/c1-13(2,3)22-12(21)19-7-5-18(6-8-19)10-15-16-17-20(10)11-14-4-9-23-11/h4,9H,5-8H2,1-3H3. The van der Waals surface area contributed by atoms with E-state index in [1.54, 1.807) is 15.8 Å². The highest BCUT2D eigenvalue weighted by Gasteiger charge is 2.28. The van der Waals surface area contributed by atoms with E-state index in [4.69, 9.17) is 4.74 Å². The predicted octanol–water partition coefficient (Wildman–Crippen LogP) is 1.18. The van der Waals surface area contributed by atoms with Gasteiger partial charge in [-0.3, -0.25) is 0 Å². The maximum absolute atomic E-state index is 12.1. The minimum Gasteiger partial charge on any atom is -0.444 e. The molecule has 1 aliphatic rings. The topological polar surface area (TPSA) is 89.3 Å². The van der Waals surface area contributed by atoms with Gasteiger partial charge in [-0.05, 0) is 31.2 Å². The van der Waals surface area contributed by atoms with E-state index in [-0.39, 0.29) is 6.09 Å². The van der Waals surface area contributed by atoms with Crippen LogP contribution in [0.15, 0.2) is 11.6 Å². The van der Waals surface area contributed by atoms with Crippen molar-refractivity contribution in [3.8, 4) is 5.13 Å². The first-order valence-corrected chi connectivity index (χ1v) is 8.23. The Labute approximate surface area is 137 Å². The molecule has 0 aromatic carbocycles. The second-order valence-corrected chi connectivity index (χ2v) is 7.03. The van der Waals surface area contributed by atoms with Crippen LogP contribution in [0, 0.1) is 0 Å². The Morgan fingerprint density at radius 2 is 2.00 bits per heavy atom. The number of nitrogens with zero attached hydrogens (tertiary/aromatic N) is 7. The Hall–Kier alpha value is -2.23. The van der Waals surface area contributed by atoms with E-state index in [1.807, 2.05) is 31.1 Å². The van der Waals surface area contributed by atoms with Gasteiger partial charge in [-0.1, -0.05) is 5.10 Å². The molecule has 0 N–H and O–H groups in total. The average molecular weight is 337 g/mol. The van der Waals surface area contributed by atoms with Gasteiger partial charge >= 0.3 is 6.09 Å². The summed E-state index contributed by atoms with van der Waals surface area (Å²) in [5.41, 5.74) is -0.483. The SMILES string of the molecule is CC(C)(C)OC(=O)N1CCN(c2nnnn2-c2nccs2)CC1. The highest BCUT2D eigenvalue weighted by atomic mass is 32.1. The van der Waals surface area contributed by atoms with Gasteiger partial charge in [0.15, 0.2) is 0 Å². The van der Waals surface area contributed by atoms with Crippen LogP contribution < -0.4 is 4.90 Å². The average Bonchev–Trinajstić information content (AvgIpc) is 3.16. The van der Waals surface area contributed by atoms with Gasteiger partial charge in [0.2, 0.25) is 5.13 Å². The van der Waals surface area contributed by atoms with Crippen molar-refractivity contribution in [2.24, 2.45) is 0 Å². The number of amides is 1. The monoisotopic (exact) mass is 337 g/mol. The van der Waals surface area contributed by atoms with Crippen LogP contribution in [0.3, 0.4) is 0 Å². The summed E-state index contributed by atoms with van der Waals surface area (Å²) < 4.78 is 7.02. The van der Waals surface area contributed by atoms with Gasteiger partial charge in [0.25, 0.3) is 5.95 Å². The zero-order valence-corrected chi connectivity index (χ0v) is 14.2. The molecule has 10 heteroatoms. The van der Waals surface area contributed by atoms with Crippen molar-refractivity contribution < 1.29 is 9.53 Å². The first kappa shape index (κ1) is 15.7. The van der Waals surface area contributed by atoms with Crippen LogP contribution in [-0.2, 0) is 4.74 Å². The fourth-order valence-corrected chi connectivity index (χ4v) is 2.82. The van der Waals surface area contributed by atoms with Gasteiger partial charge in [0.1, 0.15) is 5.60 Å². The maximum atomic E-state index is 12.1. The molecular formula is C13H19N7O2S. The highest BCUT2D eigenvalue weighted by Crippen LogP contribution is 2.19. The van der Waals surface area contributed by atoms with E-state index in [1.165, 1.54) is 11.3 Å². The van der Waals surface area contributed by atoms with Crippen molar-refractivity contribution in [1.29, 1.82) is 0 Å². The number of hydrogen-bond acceptors (Lipinski definition) is 8. The first-order chi connectivity index (χ1) is 10.9. The summed E-state index contributed by atoms with van der Waals surface area (Å²) in [6.07, 6.45) is 1.43. The number of hydrogen-bond donors (Lipinski definition) is 0. The molecule has 0 bridgehead atoms. The molecule has 1 fully saturated rings. The summed E-state index contributed by atoms with van der Waals surface area (Å²) in [5, 5.41) is 14.4. The minimum absolute atomic E-state index is 0.281. The minimum atomic E-state index is -0.483. The van der Waals surface area contributed by atoms with Crippen LogP contribution in [-0.4, -0.2) is 68.0 Å². The van der Waals surface area contributed by atoms with Crippen LogP contribution in [0.1, 0.15) is 20.8 Å². The van der Waals surface area contributed by atoms with E-state index >= 15 is 0 Å². The van der Waals surface area contributed by atoms with Crippen molar-refractivity contribution >= 4 is 23.4 Å². The number of rotatable bonds is 2. The molecule has 0 unspecified atom stereocenters. The van der Waals surface area contributed by atoms with Crippen LogP contribution >= 0.6 is 11.3 Å². The van der Waals surface area contributed by atoms with E-state index in [2.05, 4.69) is 20.5 Å². The quantitative estimate of drug-likeness (QED) is 0.813. The highest BCUT2D eigenvalue weighted by molar-refractivity contribution is 7.12. The normalized spacial score (nSPS) is 15.8. The molecule has 2 aromatic rings. The fourth-order valence-electron chi connectivity index (χ4n) is 2.24. The Kier molecular flexibility index (Phi) is 4.16. The van der Waals surface area contributed by atoms with Crippen LogP contribution in [0.5, 0.6) is 0 Å². The molecule has 0 radical (unpaired) electrons. The summed E-state index contributed by atoms with van der Waals surface area (Å²) in [6.45, 7) is 8.02. The van der Waals surface area contributed by atoms with Gasteiger partial charge < -0.3 is 14.5 Å².